The molecule has 3 nitrogen and oxygen atoms in total. The number of hydrogen-bond acceptors (Lipinski definition) is 3. The lowest BCUT2D eigenvalue weighted by Crippen LogP contribution is -2.21. The van der Waals surface area contributed by atoms with Gasteiger partial charge in [0.05, 0.1) is 5.56 Å². The lowest BCUT2D eigenvalue weighted by atomic mass is 9.81. The average Bonchev–Trinajstić information content (AvgIpc) is 2.23. The molecule has 16 heavy (non-hydrogen) atoms. The molecule has 1 aliphatic rings. The summed E-state index contributed by atoms with van der Waals surface area (Å²) in [7, 11) is 0. The molecule has 0 heterocycles. The van der Waals surface area contributed by atoms with Gasteiger partial charge in [-0.05, 0) is 30.0 Å². The Morgan fingerprint density at radius 1 is 1.44 bits per heavy atom. The number of ketones is 1. The Bertz CT molecular complexity index is 454. The fraction of sp³-hybridized carbons (Fsp3) is 0.333. The van der Waals surface area contributed by atoms with Crippen molar-refractivity contribution in [3.8, 4) is 5.75 Å². The molecule has 0 bridgehead atoms. The second-order valence-electron chi connectivity index (χ2n) is 4.02. The molecular formula is C12H11ClO3. The van der Waals surface area contributed by atoms with E-state index in [1.165, 1.54) is 6.07 Å². The summed E-state index contributed by atoms with van der Waals surface area (Å²) in [6, 6.07) is 3.01. The quantitative estimate of drug-likeness (QED) is 0.805. The van der Waals surface area contributed by atoms with Gasteiger partial charge in [-0.3, -0.25) is 4.79 Å². The van der Waals surface area contributed by atoms with Gasteiger partial charge in [-0.1, -0.05) is 11.6 Å². The van der Waals surface area contributed by atoms with Gasteiger partial charge in [0.1, 0.15) is 12.0 Å². The van der Waals surface area contributed by atoms with Crippen LogP contribution in [-0.2, 0) is 11.2 Å². The van der Waals surface area contributed by atoms with E-state index < -0.39 is 0 Å². The lowest BCUT2D eigenvalue weighted by molar-refractivity contribution is -0.108. The largest absolute Gasteiger partial charge is 0.507 e. The van der Waals surface area contributed by atoms with E-state index in [9.17, 15) is 14.7 Å². The Kier molecular flexibility index (Phi) is 2.97. The maximum absolute atomic E-state index is 11.8. The second kappa shape index (κ2) is 4.26. The highest BCUT2D eigenvalue weighted by Crippen LogP contribution is 2.36. The van der Waals surface area contributed by atoms with Crippen molar-refractivity contribution >= 4 is 23.7 Å². The minimum Gasteiger partial charge on any atom is -0.507 e. The predicted octanol–water partition coefficient (Wildman–Crippen LogP) is 2.38. The first-order valence-corrected chi connectivity index (χ1v) is 5.48. The number of carbonyl (C=O) groups is 2. The van der Waals surface area contributed by atoms with Crippen LogP contribution in [0.4, 0.5) is 0 Å². The van der Waals surface area contributed by atoms with E-state index >= 15 is 0 Å². The zero-order valence-corrected chi connectivity index (χ0v) is 9.33. The molecule has 0 aromatic heterocycles. The third-order valence-corrected chi connectivity index (χ3v) is 3.26. The maximum atomic E-state index is 11.8. The summed E-state index contributed by atoms with van der Waals surface area (Å²) >= 11 is 5.99. The zero-order valence-electron chi connectivity index (χ0n) is 8.57. The molecule has 2 rings (SSSR count). The molecule has 1 aromatic rings. The van der Waals surface area contributed by atoms with Crippen molar-refractivity contribution in [2.45, 2.75) is 19.3 Å². The molecule has 0 fully saturated rings. The first-order valence-electron chi connectivity index (χ1n) is 5.10. The number of fused-ring (bicyclic) bond motifs is 1. The first kappa shape index (κ1) is 11.1. The van der Waals surface area contributed by atoms with Gasteiger partial charge in [-0.2, -0.15) is 0 Å². The van der Waals surface area contributed by atoms with Crippen LogP contribution in [0.2, 0.25) is 5.02 Å². The Morgan fingerprint density at radius 2 is 2.19 bits per heavy atom. The third kappa shape index (κ3) is 1.83. The second-order valence-corrected chi connectivity index (χ2v) is 4.43. The highest BCUT2D eigenvalue weighted by molar-refractivity contribution is 6.32. The molecule has 0 radical (unpaired) electrons. The molecule has 1 aliphatic carbocycles. The van der Waals surface area contributed by atoms with Crippen molar-refractivity contribution in [1.29, 1.82) is 0 Å². The number of rotatable bonds is 2. The Labute approximate surface area is 98.0 Å². The zero-order chi connectivity index (χ0) is 11.7. The van der Waals surface area contributed by atoms with Crippen LogP contribution in [0.5, 0.6) is 5.75 Å². The number of hydrogen-bond donors (Lipinski definition) is 1. The monoisotopic (exact) mass is 238 g/mol. The van der Waals surface area contributed by atoms with Gasteiger partial charge in [-0.15, -0.1) is 0 Å². The van der Waals surface area contributed by atoms with Crippen molar-refractivity contribution in [1.82, 2.24) is 0 Å². The molecule has 1 aromatic carbocycles. The highest BCUT2D eigenvalue weighted by Gasteiger charge is 2.28. The summed E-state index contributed by atoms with van der Waals surface area (Å²) in [5.41, 5.74) is 0.999. The van der Waals surface area contributed by atoms with Crippen LogP contribution in [0.15, 0.2) is 12.1 Å². The van der Waals surface area contributed by atoms with E-state index in [4.69, 9.17) is 11.6 Å². The molecule has 0 amide bonds. The molecule has 0 spiro atoms. The summed E-state index contributed by atoms with van der Waals surface area (Å²) in [6.45, 7) is 0. The number of phenols is 1. The Balaban J connectivity index is 2.45. The SMILES string of the molecule is O=CCC1CC(=O)c2c(O)ccc(Cl)c2C1. The summed E-state index contributed by atoms with van der Waals surface area (Å²) in [6.07, 6.45) is 2.06. The summed E-state index contributed by atoms with van der Waals surface area (Å²) in [5.74, 6) is -0.140. The predicted molar refractivity (Wildman–Crippen MR) is 59.9 cm³/mol. The van der Waals surface area contributed by atoms with Crippen LogP contribution in [0.1, 0.15) is 28.8 Å². The molecular weight excluding hydrogens is 228 g/mol. The molecule has 1 N–H and O–H groups in total. The number of carbonyl (C=O) groups excluding carboxylic acids is 2. The van der Waals surface area contributed by atoms with E-state index in [2.05, 4.69) is 0 Å². The van der Waals surface area contributed by atoms with Gasteiger partial charge in [0.2, 0.25) is 0 Å². The molecule has 1 atom stereocenters. The van der Waals surface area contributed by atoms with Crippen LogP contribution in [-0.4, -0.2) is 17.2 Å². The molecule has 84 valence electrons. The number of aromatic hydroxyl groups is 1. The molecule has 4 heteroatoms. The van der Waals surface area contributed by atoms with E-state index in [-0.39, 0.29) is 17.5 Å². The van der Waals surface area contributed by atoms with E-state index in [1.54, 1.807) is 6.07 Å². The van der Waals surface area contributed by atoms with Gasteiger partial charge in [0, 0.05) is 17.9 Å². The molecule has 0 aliphatic heterocycles. The summed E-state index contributed by atoms with van der Waals surface area (Å²) in [4.78, 5) is 22.3. The van der Waals surface area contributed by atoms with Crippen LogP contribution in [0.3, 0.4) is 0 Å². The van der Waals surface area contributed by atoms with Crippen LogP contribution in [0.25, 0.3) is 0 Å². The van der Waals surface area contributed by atoms with Crippen molar-refractivity contribution in [2.75, 3.05) is 0 Å². The molecule has 1 unspecified atom stereocenters. The Morgan fingerprint density at radius 3 is 2.88 bits per heavy atom. The molecule has 0 saturated carbocycles. The highest BCUT2D eigenvalue weighted by atomic mass is 35.5. The van der Waals surface area contributed by atoms with Gasteiger partial charge >= 0.3 is 0 Å². The number of phenolic OH excluding ortho intramolecular Hbond substituents is 1. The number of halogens is 1. The lowest BCUT2D eigenvalue weighted by Gasteiger charge is -2.23. The first-order chi connectivity index (χ1) is 7.63. The topological polar surface area (TPSA) is 54.4 Å². The summed E-state index contributed by atoms with van der Waals surface area (Å²) in [5, 5.41) is 10.1. The van der Waals surface area contributed by atoms with Crippen molar-refractivity contribution in [3.63, 3.8) is 0 Å². The average molecular weight is 239 g/mol. The van der Waals surface area contributed by atoms with Crippen molar-refractivity contribution in [2.24, 2.45) is 5.92 Å². The molecule has 0 saturated heterocycles. The van der Waals surface area contributed by atoms with Crippen molar-refractivity contribution < 1.29 is 14.7 Å². The van der Waals surface area contributed by atoms with Crippen LogP contribution >= 0.6 is 11.6 Å². The fourth-order valence-electron chi connectivity index (χ4n) is 2.15. The normalized spacial score (nSPS) is 19.3. The maximum Gasteiger partial charge on any atom is 0.167 e. The van der Waals surface area contributed by atoms with E-state index in [0.717, 1.165) is 6.29 Å². The minimum absolute atomic E-state index is 0.0109. The summed E-state index contributed by atoms with van der Waals surface area (Å²) < 4.78 is 0. The number of Topliss-reactive ketones (excluding diaryl/α,β-unsaturated/α-hetero) is 1. The van der Waals surface area contributed by atoms with Crippen LogP contribution in [0, 0.1) is 5.92 Å². The number of benzene rings is 1. The standard InChI is InChI=1S/C12H11ClO3/c13-9-1-2-10(15)12-8(9)5-7(3-4-14)6-11(12)16/h1-2,4,7,15H,3,5-6H2. The van der Waals surface area contributed by atoms with Gasteiger partial charge < -0.3 is 9.90 Å². The number of aldehydes is 1. The smallest absolute Gasteiger partial charge is 0.167 e. The van der Waals surface area contributed by atoms with Gasteiger partial charge in [-0.25, -0.2) is 0 Å². The van der Waals surface area contributed by atoms with E-state index in [1.807, 2.05) is 0 Å². The third-order valence-electron chi connectivity index (χ3n) is 2.91. The fourth-order valence-corrected chi connectivity index (χ4v) is 2.38. The minimum atomic E-state index is -0.131. The Hall–Kier alpha value is -1.35. The van der Waals surface area contributed by atoms with Crippen LogP contribution < -0.4 is 0 Å². The van der Waals surface area contributed by atoms with Crippen molar-refractivity contribution in [3.05, 3.63) is 28.3 Å². The van der Waals surface area contributed by atoms with Gasteiger partial charge in [0.15, 0.2) is 5.78 Å². The van der Waals surface area contributed by atoms with Gasteiger partial charge in [0.25, 0.3) is 0 Å². The van der Waals surface area contributed by atoms with E-state index in [0.29, 0.717) is 35.4 Å².